The van der Waals surface area contributed by atoms with Crippen LogP contribution in [0.25, 0.3) is 22.2 Å². The second-order valence-corrected chi connectivity index (χ2v) is 9.96. The average molecular weight is 511 g/mol. The van der Waals surface area contributed by atoms with Gasteiger partial charge >= 0.3 is 12.0 Å². The first kappa shape index (κ1) is 24.0. The fraction of sp³-hybridized carbons (Fsp3) is 0.300. The summed E-state index contributed by atoms with van der Waals surface area (Å²) < 4.78 is 11.6. The molecule has 194 valence electrons. The maximum absolute atomic E-state index is 13.9. The SMILES string of the molecule is CC(=O)OC1CN(C(=O)N2CCCC2c2ccccc2)Cc2cc(-c3ccc4nc(C)[nH]c4c3)ccc2O1. The van der Waals surface area contributed by atoms with Gasteiger partial charge in [-0.05, 0) is 60.7 Å². The highest BCUT2D eigenvalue weighted by Crippen LogP contribution is 2.35. The molecule has 0 saturated carbocycles. The van der Waals surface area contributed by atoms with Gasteiger partial charge in [0.25, 0.3) is 6.29 Å². The summed E-state index contributed by atoms with van der Waals surface area (Å²) in [6.45, 7) is 4.48. The van der Waals surface area contributed by atoms with E-state index >= 15 is 0 Å². The van der Waals surface area contributed by atoms with Gasteiger partial charge in [0, 0.05) is 19.0 Å². The molecule has 2 atom stereocenters. The highest BCUT2D eigenvalue weighted by atomic mass is 16.7. The van der Waals surface area contributed by atoms with Gasteiger partial charge in [-0.2, -0.15) is 0 Å². The predicted octanol–water partition coefficient (Wildman–Crippen LogP) is 5.58. The highest BCUT2D eigenvalue weighted by molar-refractivity contribution is 5.82. The van der Waals surface area contributed by atoms with Crippen LogP contribution in [0.4, 0.5) is 4.79 Å². The zero-order chi connectivity index (χ0) is 26.2. The summed E-state index contributed by atoms with van der Waals surface area (Å²) in [5.41, 5.74) is 5.92. The van der Waals surface area contributed by atoms with Crippen molar-refractivity contribution in [3.8, 4) is 16.9 Å². The maximum atomic E-state index is 13.9. The number of carbonyl (C=O) groups is 2. The number of nitrogens with one attached hydrogen (secondary N) is 1. The third-order valence-corrected chi connectivity index (χ3v) is 7.23. The second kappa shape index (κ2) is 9.85. The van der Waals surface area contributed by atoms with E-state index in [4.69, 9.17) is 9.47 Å². The number of rotatable bonds is 3. The largest absolute Gasteiger partial charge is 0.452 e. The molecule has 38 heavy (non-hydrogen) atoms. The van der Waals surface area contributed by atoms with Crippen LogP contribution in [0.3, 0.4) is 0 Å². The van der Waals surface area contributed by atoms with Gasteiger partial charge in [-0.15, -0.1) is 0 Å². The van der Waals surface area contributed by atoms with Crippen molar-refractivity contribution >= 4 is 23.0 Å². The normalized spacial score (nSPS) is 19.1. The van der Waals surface area contributed by atoms with Gasteiger partial charge in [0.2, 0.25) is 0 Å². The molecule has 3 aromatic carbocycles. The van der Waals surface area contributed by atoms with Crippen LogP contribution in [0.15, 0.2) is 66.7 Å². The minimum absolute atomic E-state index is 0.0236. The quantitative estimate of drug-likeness (QED) is 0.364. The van der Waals surface area contributed by atoms with Crippen LogP contribution in [-0.2, 0) is 16.1 Å². The molecule has 1 aromatic heterocycles. The first-order valence-electron chi connectivity index (χ1n) is 13.0. The molecule has 2 unspecified atom stereocenters. The molecule has 6 rings (SSSR count). The summed E-state index contributed by atoms with van der Waals surface area (Å²) >= 11 is 0. The number of esters is 1. The van der Waals surface area contributed by atoms with Crippen LogP contribution in [0, 0.1) is 6.92 Å². The number of hydrogen-bond acceptors (Lipinski definition) is 5. The van der Waals surface area contributed by atoms with E-state index in [1.807, 2.05) is 54.3 Å². The summed E-state index contributed by atoms with van der Waals surface area (Å²) in [6, 6.07) is 22.1. The zero-order valence-corrected chi connectivity index (χ0v) is 21.5. The Morgan fingerprint density at radius 1 is 1.05 bits per heavy atom. The van der Waals surface area contributed by atoms with Gasteiger partial charge in [0.1, 0.15) is 11.6 Å². The topological polar surface area (TPSA) is 87.8 Å². The lowest BCUT2D eigenvalue weighted by molar-refractivity contribution is -0.161. The summed E-state index contributed by atoms with van der Waals surface area (Å²) in [5, 5.41) is 0. The van der Waals surface area contributed by atoms with Crippen LogP contribution in [0.2, 0.25) is 0 Å². The fourth-order valence-corrected chi connectivity index (χ4v) is 5.53. The van der Waals surface area contributed by atoms with E-state index in [2.05, 4.69) is 34.2 Å². The molecular weight excluding hydrogens is 480 g/mol. The van der Waals surface area contributed by atoms with Gasteiger partial charge in [0.05, 0.1) is 30.2 Å². The molecule has 0 aliphatic carbocycles. The van der Waals surface area contributed by atoms with E-state index in [0.29, 0.717) is 18.8 Å². The molecule has 2 aliphatic rings. The smallest absolute Gasteiger partial charge is 0.321 e. The first-order valence-corrected chi connectivity index (χ1v) is 13.0. The number of hydrogen-bond donors (Lipinski definition) is 1. The Labute approximate surface area is 221 Å². The van der Waals surface area contributed by atoms with Crippen molar-refractivity contribution in [3.63, 3.8) is 0 Å². The van der Waals surface area contributed by atoms with Gasteiger partial charge in [-0.1, -0.05) is 42.5 Å². The molecule has 4 aromatic rings. The van der Waals surface area contributed by atoms with Crippen molar-refractivity contribution in [2.75, 3.05) is 13.1 Å². The molecule has 3 heterocycles. The standard InChI is InChI=1S/C30H30N4O4/c1-19-31-25-12-10-23(16-26(25)32-19)22-11-13-28-24(15-22)17-33(18-29(38-28)37-20(2)35)30(36)34-14-6-9-27(34)21-7-4-3-5-8-21/h3-5,7-8,10-13,15-16,27,29H,6,9,14,17-18H2,1-2H3,(H,31,32). The van der Waals surface area contributed by atoms with Crippen LogP contribution in [-0.4, -0.2) is 51.1 Å². The van der Waals surface area contributed by atoms with E-state index in [1.54, 1.807) is 4.90 Å². The number of urea groups is 1. The van der Waals surface area contributed by atoms with Crippen molar-refractivity contribution in [2.45, 2.75) is 45.6 Å². The third-order valence-electron chi connectivity index (χ3n) is 7.23. The number of carbonyl (C=O) groups excluding carboxylic acids is 2. The lowest BCUT2D eigenvalue weighted by Gasteiger charge is -2.32. The lowest BCUT2D eigenvalue weighted by Crippen LogP contribution is -2.46. The summed E-state index contributed by atoms with van der Waals surface area (Å²) in [7, 11) is 0. The van der Waals surface area contributed by atoms with Crippen molar-refractivity contribution in [1.29, 1.82) is 0 Å². The number of imidazole rings is 1. The summed E-state index contributed by atoms with van der Waals surface area (Å²) in [5.74, 6) is 1.03. The number of H-pyrrole nitrogens is 1. The van der Waals surface area contributed by atoms with Crippen molar-refractivity contribution in [2.24, 2.45) is 0 Å². The van der Waals surface area contributed by atoms with Gasteiger partial charge in [-0.3, -0.25) is 4.79 Å². The Bertz CT molecular complexity index is 1500. The van der Waals surface area contributed by atoms with Crippen LogP contribution >= 0.6 is 0 Å². The molecule has 8 heteroatoms. The van der Waals surface area contributed by atoms with E-state index in [0.717, 1.165) is 52.0 Å². The van der Waals surface area contributed by atoms with E-state index in [9.17, 15) is 9.59 Å². The maximum Gasteiger partial charge on any atom is 0.321 e. The summed E-state index contributed by atoms with van der Waals surface area (Å²) in [6.07, 6.45) is 0.980. The molecule has 0 radical (unpaired) electrons. The first-order chi connectivity index (χ1) is 18.4. The van der Waals surface area contributed by atoms with Crippen molar-refractivity contribution in [3.05, 3.63) is 83.7 Å². The highest BCUT2D eigenvalue weighted by Gasteiger charge is 2.36. The van der Waals surface area contributed by atoms with Crippen LogP contribution in [0.1, 0.15) is 42.8 Å². The van der Waals surface area contributed by atoms with Gasteiger partial charge < -0.3 is 24.3 Å². The number of aromatic amines is 1. The Morgan fingerprint density at radius 2 is 1.84 bits per heavy atom. The number of aryl methyl sites for hydroxylation is 1. The van der Waals surface area contributed by atoms with E-state index in [1.165, 1.54) is 6.92 Å². The number of likely N-dealkylation sites (tertiary alicyclic amines) is 1. The fourth-order valence-electron chi connectivity index (χ4n) is 5.53. The van der Waals surface area contributed by atoms with Gasteiger partial charge in [0.15, 0.2) is 0 Å². The van der Waals surface area contributed by atoms with Gasteiger partial charge in [-0.25, -0.2) is 9.78 Å². The molecule has 1 N–H and O–H groups in total. The molecule has 0 spiro atoms. The number of fused-ring (bicyclic) bond motifs is 2. The molecule has 2 amide bonds. The van der Waals surface area contributed by atoms with E-state index in [-0.39, 0.29) is 18.6 Å². The third kappa shape index (κ3) is 4.69. The van der Waals surface area contributed by atoms with E-state index < -0.39 is 12.3 Å². The minimum Gasteiger partial charge on any atom is -0.452 e. The van der Waals surface area contributed by atoms with Crippen molar-refractivity contribution < 1.29 is 19.1 Å². The second-order valence-electron chi connectivity index (χ2n) is 9.96. The Balaban J connectivity index is 1.33. The Hall–Kier alpha value is -4.33. The molecule has 8 nitrogen and oxygen atoms in total. The zero-order valence-electron chi connectivity index (χ0n) is 21.5. The molecule has 1 fully saturated rings. The number of ether oxygens (including phenoxy) is 2. The number of benzene rings is 3. The monoisotopic (exact) mass is 510 g/mol. The predicted molar refractivity (Wildman–Crippen MR) is 143 cm³/mol. The van der Waals surface area contributed by atoms with Crippen LogP contribution < -0.4 is 4.74 Å². The minimum atomic E-state index is -0.884. The number of amides is 2. The lowest BCUT2D eigenvalue weighted by atomic mass is 10.0. The Morgan fingerprint density at radius 3 is 2.66 bits per heavy atom. The molecule has 1 saturated heterocycles. The number of nitrogens with zero attached hydrogens (tertiary/aromatic N) is 3. The van der Waals surface area contributed by atoms with Crippen molar-refractivity contribution in [1.82, 2.24) is 19.8 Å². The molecule has 2 aliphatic heterocycles. The number of aromatic nitrogens is 2. The summed E-state index contributed by atoms with van der Waals surface area (Å²) in [4.78, 5) is 37.2. The average Bonchev–Trinajstić information content (AvgIpc) is 3.50. The molecule has 0 bridgehead atoms. The Kier molecular flexibility index (Phi) is 6.23. The molecular formula is C30H30N4O4. The van der Waals surface area contributed by atoms with Crippen LogP contribution in [0.5, 0.6) is 5.75 Å².